The SMILES string of the molecule is O=c1[nH]c2c(N3CC[C@@H](F)C3)nc(-n3cnc4ccc(F)cc43)nc2n1C1CCOCC1. The topological polar surface area (TPSA) is 93.9 Å². The van der Waals surface area contributed by atoms with Crippen molar-refractivity contribution >= 4 is 28.0 Å². The lowest BCUT2D eigenvalue weighted by molar-refractivity contribution is 0.0697. The highest BCUT2D eigenvalue weighted by atomic mass is 19.1. The number of aromatic nitrogens is 6. The summed E-state index contributed by atoms with van der Waals surface area (Å²) < 4.78 is 36.7. The van der Waals surface area contributed by atoms with E-state index in [4.69, 9.17) is 9.72 Å². The molecule has 2 aliphatic heterocycles. The lowest BCUT2D eigenvalue weighted by atomic mass is 10.1. The van der Waals surface area contributed by atoms with E-state index in [-0.39, 0.29) is 24.2 Å². The van der Waals surface area contributed by atoms with Gasteiger partial charge in [0.05, 0.1) is 17.6 Å². The van der Waals surface area contributed by atoms with Gasteiger partial charge in [-0.25, -0.2) is 18.6 Å². The van der Waals surface area contributed by atoms with Gasteiger partial charge in [0.15, 0.2) is 11.5 Å². The van der Waals surface area contributed by atoms with Crippen LogP contribution in [-0.4, -0.2) is 61.5 Å². The van der Waals surface area contributed by atoms with Gasteiger partial charge in [-0.05, 0) is 31.4 Å². The van der Waals surface area contributed by atoms with E-state index in [1.807, 2.05) is 4.90 Å². The smallest absolute Gasteiger partial charge is 0.328 e. The van der Waals surface area contributed by atoms with E-state index in [1.165, 1.54) is 18.5 Å². The molecule has 2 aliphatic rings. The molecule has 2 saturated heterocycles. The number of aromatic amines is 1. The molecule has 6 rings (SSSR count). The van der Waals surface area contributed by atoms with Crippen LogP contribution in [-0.2, 0) is 4.74 Å². The fourth-order valence-electron chi connectivity index (χ4n) is 4.64. The largest absolute Gasteiger partial charge is 0.381 e. The van der Waals surface area contributed by atoms with Gasteiger partial charge < -0.3 is 14.6 Å². The zero-order valence-corrected chi connectivity index (χ0v) is 17.2. The third kappa shape index (κ3) is 3.07. The molecular formula is C21H21F2N7O2. The van der Waals surface area contributed by atoms with E-state index in [1.54, 1.807) is 15.2 Å². The molecule has 5 heterocycles. The minimum absolute atomic E-state index is 0.0647. The molecular weight excluding hydrogens is 420 g/mol. The fraction of sp³-hybridized carbons (Fsp3) is 0.429. The summed E-state index contributed by atoms with van der Waals surface area (Å²) >= 11 is 0. The molecule has 9 nitrogen and oxygen atoms in total. The summed E-state index contributed by atoms with van der Waals surface area (Å²) in [5.74, 6) is 0.315. The number of hydrogen-bond acceptors (Lipinski definition) is 6. The first-order valence-electron chi connectivity index (χ1n) is 10.7. The van der Waals surface area contributed by atoms with Gasteiger partial charge in [-0.2, -0.15) is 9.97 Å². The van der Waals surface area contributed by atoms with Crippen molar-refractivity contribution in [1.29, 1.82) is 0 Å². The van der Waals surface area contributed by atoms with Crippen LogP contribution in [0.2, 0.25) is 0 Å². The predicted molar refractivity (Wildman–Crippen MR) is 114 cm³/mol. The van der Waals surface area contributed by atoms with E-state index in [9.17, 15) is 13.6 Å². The van der Waals surface area contributed by atoms with Gasteiger partial charge in [-0.1, -0.05) is 0 Å². The Balaban J connectivity index is 1.60. The molecule has 0 saturated carbocycles. The van der Waals surface area contributed by atoms with Crippen LogP contribution >= 0.6 is 0 Å². The van der Waals surface area contributed by atoms with Crippen molar-refractivity contribution in [2.45, 2.75) is 31.5 Å². The number of ether oxygens (including phenoxy) is 1. The van der Waals surface area contributed by atoms with Crippen LogP contribution in [0.4, 0.5) is 14.6 Å². The Hall–Kier alpha value is -3.34. The van der Waals surface area contributed by atoms with Crippen molar-refractivity contribution in [3.63, 3.8) is 0 Å². The number of nitrogens with zero attached hydrogens (tertiary/aromatic N) is 6. The maximum Gasteiger partial charge on any atom is 0.328 e. The van der Waals surface area contributed by atoms with Crippen LogP contribution in [0.3, 0.4) is 0 Å². The van der Waals surface area contributed by atoms with Crippen LogP contribution in [0, 0.1) is 5.82 Å². The molecule has 1 N–H and O–H groups in total. The summed E-state index contributed by atoms with van der Waals surface area (Å²) in [6.45, 7) is 1.80. The average molecular weight is 441 g/mol. The first kappa shape index (κ1) is 19.4. The highest BCUT2D eigenvalue weighted by Crippen LogP contribution is 2.30. The van der Waals surface area contributed by atoms with Gasteiger partial charge in [0.1, 0.15) is 23.8 Å². The van der Waals surface area contributed by atoms with Crippen LogP contribution in [0.15, 0.2) is 29.3 Å². The van der Waals surface area contributed by atoms with Crippen molar-refractivity contribution in [3.05, 3.63) is 40.8 Å². The maximum atomic E-state index is 14.0. The van der Waals surface area contributed by atoms with Gasteiger partial charge in [0, 0.05) is 31.9 Å². The maximum absolute atomic E-state index is 14.0. The summed E-state index contributed by atoms with van der Waals surface area (Å²) in [4.78, 5) is 31.4. The number of benzene rings is 1. The number of halogens is 2. The van der Waals surface area contributed by atoms with Crippen molar-refractivity contribution in [1.82, 2.24) is 29.1 Å². The molecule has 4 aromatic rings. The summed E-state index contributed by atoms with van der Waals surface area (Å²) in [5, 5.41) is 0. The Morgan fingerprint density at radius 2 is 2.00 bits per heavy atom. The highest BCUT2D eigenvalue weighted by molar-refractivity contribution is 5.85. The van der Waals surface area contributed by atoms with Gasteiger partial charge in [-0.3, -0.25) is 9.13 Å². The standard InChI is InChI=1S/C21H21F2N7O2/c22-12-1-2-15-16(9-12)29(11-24-15)20-26-18(28-6-3-13(23)10-28)17-19(27-20)30(21(31)25-17)14-4-7-32-8-5-14/h1-2,9,11,13-14H,3-8,10H2,(H,25,31)/t13-/m1/s1. The number of anilines is 1. The summed E-state index contributed by atoms with van der Waals surface area (Å²) in [5.41, 5.74) is 1.75. The Labute approximate surface area is 180 Å². The second-order valence-electron chi connectivity index (χ2n) is 8.27. The molecule has 166 valence electrons. The number of imidazole rings is 2. The van der Waals surface area contributed by atoms with Gasteiger partial charge in [-0.15, -0.1) is 0 Å². The third-order valence-electron chi connectivity index (χ3n) is 6.25. The zero-order valence-electron chi connectivity index (χ0n) is 17.2. The molecule has 0 amide bonds. The number of alkyl halides is 1. The first-order chi connectivity index (χ1) is 15.6. The number of H-pyrrole nitrogens is 1. The van der Waals surface area contributed by atoms with Gasteiger partial charge in [0.25, 0.3) is 0 Å². The van der Waals surface area contributed by atoms with Crippen LogP contribution < -0.4 is 10.6 Å². The summed E-state index contributed by atoms with van der Waals surface area (Å²) in [6, 6.07) is 4.23. The first-order valence-corrected chi connectivity index (χ1v) is 10.7. The van der Waals surface area contributed by atoms with Crippen molar-refractivity contribution in [2.75, 3.05) is 31.2 Å². The van der Waals surface area contributed by atoms with Gasteiger partial charge in [0.2, 0.25) is 5.95 Å². The number of hydrogen-bond donors (Lipinski definition) is 1. The van der Waals surface area contributed by atoms with Crippen molar-refractivity contribution < 1.29 is 13.5 Å². The van der Waals surface area contributed by atoms with E-state index < -0.39 is 12.0 Å². The lowest BCUT2D eigenvalue weighted by Crippen LogP contribution is -2.27. The van der Waals surface area contributed by atoms with E-state index >= 15 is 0 Å². The summed E-state index contributed by atoms with van der Waals surface area (Å²) in [7, 11) is 0. The second-order valence-corrected chi connectivity index (χ2v) is 8.27. The van der Waals surface area contributed by atoms with Crippen LogP contribution in [0.5, 0.6) is 0 Å². The zero-order chi connectivity index (χ0) is 21.8. The molecule has 1 atom stereocenters. The Morgan fingerprint density at radius 3 is 2.78 bits per heavy atom. The third-order valence-corrected chi connectivity index (χ3v) is 6.25. The Morgan fingerprint density at radius 1 is 1.16 bits per heavy atom. The highest BCUT2D eigenvalue weighted by Gasteiger charge is 2.29. The Bertz CT molecular complexity index is 1370. The lowest BCUT2D eigenvalue weighted by Gasteiger charge is -2.23. The normalized spacial score (nSPS) is 20.1. The fourth-order valence-corrected chi connectivity index (χ4v) is 4.64. The number of nitrogens with one attached hydrogen (secondary N) is 1. The summed E-state index contributed by atoms with van der Waals surface area (Å²) in [6.07, 6.45) is 2.34. The average Bonchev–Trinajstić information content (AvgIpc) is 3.49. The van der Waals surface area contributed by atoms with Gasteiger partial charge >= 0.3 is 5.69 Å². The number of rotatable bonds is 3. The molecule has 1 aromatic carbocycles. The quantitative estimate of drug-likeness (QED) is 0.525. The van der Waals surface area contributed by atoms with E-state index in [0.29, 0.717) is 67.0 Å². The second kappa shape index (κ2) is 7.37. The van der Waals surface area contributed by atoms with E-state index in [0.717, 1.165) is 0 Å². The molecule has 0 bridgehead atoms. The molecule has 0 unspecified atom stereocenters. The minimum Gasteiger partial charge on any atom is -0.381 e. The van der Waals surface area contributed by atoms with Crippen LogP contribution in [0.25, 0.3) is 28.1 Å². The molecule has 11 heteroatoms. The van der Waals surface area contributed by atoms with E-state index in [2.05, 4.69) is 15.0 Å². The molecule has 2 fully saturated rings. The molecule has 3 aromatic heterocycles. The predicted octanol–water partition coefficient (Wildman–Crippen LogP) is 2.50. The van der Waals surface area contributed by atoms with Crippen LogP contribution in [0.1, 0.15) is 25.3 Å². The monoisotopic (exact) mass is 441 g/mol. The van der Waals surface area contributed by atoms with Crippen molar-refractivity contribution in [3.8, 4) is 5.95 Å². The Kier molecular flexibility index (Phi) is 4.46. The molecule has 32 heavy (non-hydrogen) atoms. The molecule has 0 radical (unpaired) electrons. The number of fused-ring (bicyclic) bond motifs is 2. The van der Waals surface area contributed by atoms with Crippen molar-refractivity contribution in [2.24, 2.45) is 0 Å². The molecule has 0 spiro atoms. The molecule has 0 aliphatic carbocycles. The minimum atomic E-state index is -0.962.